The summed E-state index contributed by atoms with van der Waals surface area (Å²) >= 11 is 0. The molecule has 5 nitrogen and oxygen atoms in total. The van der Waals surface area contributed by atoms with E-state index >= 15 is 0 Å². The number of carbonyl (C=O) groups excluding carboxylic acids is 2. The van der Waals surface area contributed by atoms with Crippen LogP contribution in [-0.4, -0.2) is 18.5 Å². The van der Waals surface area contributed by atoms with Gasteiger partial charge in [-0.2, -0.15) is 5.26 Å². The lowest BCUT2D eigenvalue weighted by Crippen LogP contribution is -2.32. The second kappa shape index (κ2) is 8.65. The van der Waals surface area contributed by atoms with Gasteiger partial charge in [0.15, 0.2) is 6.61 Å². The Balaban J connectivity index is 1.89. The summed E-state index contributed by atoms with van der Waals surface area (Å²) in [6.07, 6.45) is 0.734. The quantitative estimate of drug-likeness (QED) is 0.821. The van der Waals surface area contributed by atoms with Gasteiger partial charge in [-0.3, -0.25) is 4.79 Å². The third kappa shape index (κ3) is 5.18. The largest absolute Gasteiger partial charge is 0.452 e. The molecular weight excluding hydrogens is 316 g/mol. The van der Waals surface area contributed by atoms with E-state index < -0.39 is 5.97 Å². The summed E-state index contributed by atoms with van der Waals surface area (Å²) < 4.78 is 5.03. The Morgan fingerprint density at radius 3 is 2.32 bits per heavy atom. The van der Waals surface area contributed by atoms with Crippen molar-refractivity contribution in [3.8, 4) is 6.07 Å². The van der Waals surface area contributed by atoms with Gasteiger partial charge >= 0.3 is 5.97 Å². The standard InChI is InChI=1S/C20H20N2O3/c1-3-18(16-8-4-14(2)5-9-16)22-19(23)13-25-20(24)17-10-6-15(12-21)7-11-17/h4-11,18H,3,13H2,1-2H3,(H,22,23)/t18-/m0/s1. The average molecular weight is 336 g/mol. The lowest BCUT2D eigenvalue weighted by atomic mass is 10.0. The number of carbonyl (C=O) groups is 2. The number of nitriles is 1. The molecule has 0 aromatic heterocycles. The Morgan fingerprint density at radius 1 is 1.12 bits per heavy atom. The number of benzene rings is 2. The maximum Gasteiger partial charge on any atom is 0.338 e. The molecule has 0 aliphatic rings. The lowest BCUT2D eigenvalue weighted by Gasteiger charge is -2.17. The topological polar surface area (TPSA) is 79.2 Å². The summed E-state index contributed by atoms with van der Waals surface area (Å²) in [7, 11) is 0. The maximum absolute atomic E-state index is 12.1. The van der Waals surface area contributed by atoms with Crippen LogP contribution in [0.5, 0.6) is 0 Å². The molecule has 2 aromatic rings. The summed E-state index contributed by atoms with van der Waals surface area (Å²) in [5.41, 5.74) is 2.93. The molecule has 5 heteroatoms. The molecule has 0 saturated heterocycles. The summed E-state index contributed by atoms with van der Waals surface area (Å²) in [6.45, 7) is 3.64. The van der Waals surface area contributed by atoms with Crippen molar-refractivity contribution in [1.82, 2.24) is 5.32 Å². The number of ether oxygens (including phenoxy) is 1. The van der Waals surface area contributed by atoms with Gasteiger partial charge < -0.3 is 10.1 Å². The molecule has 0 aliphatic carbocycles. The third-order valence-corrected chi connectivity index (χ3v) is 3.81. The van der Waals surface area contributed by atoms with Crippen LogP contribution in [0.15, 0.2) is 48.5 Å². The fourth-order valence-corrected chi connectivity index (χ4v) is 2.35. The Morgan fingerprint density at radius 2 is 1.76 bits per heavy atom. The van der Waals surface area contributed by atoms with E-state index in [1.807, 2.05) is 44.2 Å². The molecule has 128 valence electrons. The summed E-state index contributed by atoms with van der Waals surface area (Å²) in [5, 5.41) is 11.6. The number of nitrogens with one attached hydrogen (secondary N) is 1. The van der Waals surface area contributed by atoms with Gasteiger partial charge in [0.05, 0.1) is 23.2 Å². The fraction of sp³-hybridized carbons (Fsp3) is 0.250. The maximum atomic E-state index is 12.1. The Hall–Kier alpha value is -3.13. The Kier molecular flexibility index (Phi) is 6.30. The molecule has 25 heavy (non-hydrogen) atoms. The van der Waals surface area contributed by atoms with Crippen molar-refractivity contribution in [2.75, 3.05) is 6.61 Å². The van der Waals surface area contributed by atoms with Gasteiger partial charge in [-0.25, -0.2) is 4.79 Å². The third-order valence-electron chi connectivity index (χ3n) is 3.81. The van der Waals surface area contributed by atoms with Crippen LogP contribution in [-0.2, 0) is 9.53 Å². The average Bonchev–Trinajstić information content (AvgIpc) is 2.65. The smallest absolute Gasteiger partial charge is 0.338 e. The van der Waals surface area contributed by atoms with E-state index in [9.17, 15) is 9.59 Å². The van der Waals surface area contributed by atoms with E-state index in [2.05, 4.69) is 5.32 Å². The van der Waals surface area contributed by atoms with Crippen LogP contribution in [0.25, 0.3) is 0 Å². The molecule has 2 rings (SSSR count). The van der Waals surface area contributed by atoms with E-state index in [0.29, 0.717) is 11.1 Å². The van der Waals surface area contributed by atoms with E-state index in [0.717, 1.165) is 17.5 Å². The van der Waals surface area contributed by atoms with Gasteiger partial charge in [0.25, 0.3) is 5.91 Å². The van der Waals surface area contributed by atoms with Gasteiger partial charge in [0, 0.05) is 0 Å². The minimum absolute atomic E-state index is 0.123. The SMILES string of the molecule is CC[C@H](NC(=O)COC(=O)c1ccc(C#N)cc1)c1ccc(C)cc1. The Labute approximate surface area is 147 Å². The summed E-state index contributed by atoms with van der Waals surface area (Å²) in [6, 6.07) is 15.9. The molecule has 0 fully saturated rings. The zero-order valence-corrected chi connectivity index (χ0v) is 14.3. The van der Waals surface area contributed by atoms with Crippen LogP contribution < -0.4 is 5.32 Å². The second-order valence-corrected chi connectivity index (χ2v) is 5.70. The van der Waals surface area contributed by atoms with Crippen LogP contribution in [0.3, 0.4) is 0 Å². The molecule has 0 saturated carbocycles. The van der Waals surface area contributed by atoms with Crippen LogP contribution in [0.4, 0.5) is 0 Å². The highest BCUT2D eigenvalue weighted by Crippen LogP contribution is 2.17. The fourth-order valence-electron chi connectivity index (χ4n) is 2.35. The highest BCUT2D eigenvalue weighted by molar-refractivity contribution is 5.91. The highest BCUT2D eigenvalue weighted by atomic mass is 16.5. The first-order valence-electron chi connectivity index (χ1n) is 8.06. The van der Waals surface area contributed by atoms with Crippen LogP contribution in [0.1, 0.15) is 46.4 Å². The molecule has 2 aromatic carbocycles. The van der Waals surface area contributed by atoms with Crippen LogP contribution >= 0.6 is 0 Å². The first-order chi connectivity index (χ1) is 12.0. The normalized spacial score (nSPS) is 11.2. The number of hydrogen-bond acceptors (Lipinski definition) is 4. The molecular formula is C20H20N2O3. The predicted octanol–water partition coefficient (Wildman–Crippen LogP) is 3.29. The molecule has 0 unspecified atom stereocenters. The molecule has 0 radical (unpaired) electrons. The molecule has 1 N–H and O–H groups in total. The number of amides is 1. The van der Waals surface area contributed by atoms with Crippen molar-refractivity contribution in [3.05, 3.63) is 70.8 Å². The van der Waals surface area contributed by atoms with Crippen LogP contribution in [0, 0.1) is 18.3 Å². The second-order valence-electron chi connectivity index (χ2n) is 5.70. The molecule has 0 heterocycles. The van der Waals surface area contributed by atoms with E-state index in [1.54, 1.807) is 0 Å². The summed E-state index contributed by atoms with van der Waals surface area (Å²) in [5.74, 6) is -0.947. The van der Waals surface area contributed by atoms with Crippen LogP contribution in [0.2, 0.25) is 0 Å². The zero-order valence-electron chi connectivity index (χ0n) is 14.3. The van der Waals surface area contributed by atoms with Crippen molar-refractivity contribution in [2.24, 2.45) is 0 Å². The Bertz CT molecular complexity index is 774. The monoisotopic (exact) mass is 336 g/mol. The molecule has 0 bridgehead atoms. The molecule has 0 aliphatic heterocycles. The van der Waals surface area contributed by atoms with Crippen molar-refractivity contribution < 1.29 is 14.3 Å². The number of esters is 1. The first kappa shape index (κ1) is 18.2. The van der Waals surface area contributed by atoms with Gasteiger partial charge in [-0.1, -0.05) is 36.8 Å². The van der Waals surface area contributed by atoms with Gasteiger partial charge in [0.1, 0.15) is 0 Å². The lowest BCUT2D eigenvalue weighted by molar-refractivity contribution is -0.125. The molecule has 0 spiro atoms. The van der Waals surface area contributed by atoms with Gasteiger partial charge in [-0.15, -0.1) is 0 Å². The van der Waals surface area contributed by atoms with Crippen molar-refractivity contribution in [1.29, 1.82) is 5.26 Å². The number of hydrogen-bond donors (Lipinski definition) is 1. The number of rotatable bonds is 6. The summed E-state index contributed by atoms with van der Waals surface area (Å²) in [4.78, 5) is 24.0. The first-order valence-corrected chi connectivity index (χ1v) is 8.06. The van der Waals surface area contributed by atoms with Crippen molar-refractivity contribution in [2.45, 2.75) is 26.3 Å². The van der Waals surface area contributed by atoms with E-state index in [1.165, 1.54) is 24.3 Å². The van der Waals surface area contributed by atoms with E-state index in [4.69, 9.17) is 10.00 Å². The van der Waals surface area contributed by atoms with Gasteiger partial charge in [-0.05, 0) is 43.2 Å². The highest BCUT2D eigenvalue weighted by Gasteiger charge is 2.15. The van der Waals surface area contributed by atoms with Crippen molar-refractivity contribution >= 4 is 11.9 Å². The number of nitrogens with zero attached hydrogens (tertiary/aromatic N) is 1. The van der Waals surface area contributed by atoms with Crippen molar-refractivity contribution in [3.63, 3.8) is 0 Å². The minimum Gasteiger partial charge on any atom is -0.452 e. The van der Waals surface area contributed by atoms with E-state index in [-0.39, 0.29) is 18.6 Å². The predicted molar refractivity (Wildman–Crippen MR) is 93.8 cm³/mol. The molecule has 1 atom stereocenters. The zero-order chi connectivity index (χ0) is 18.2. The minimum atomic E-state index is -0.594. The molecule has 1 amide bonds. The number of aryl methyl sites for hydroxylation is 1. The van der Waals surface area contributed by atoms with Gasteiger partial charge in [0.2, 0.25) is 0 Å².